The van der Waals surface area contributed by atoms with Gasteiger partial charge in [0.25, 0.3) is 0 Å². The lowest BCUT2D eigenvalue weighted by molar-refractivity contribution is -0.274. The fourth-order valence-corrected chi connectivity index (χ4v) is 6.37. The molecule has 0 bridgehead atoms. The van der Waals surface area contributed by atoms with E-state index in [-0.39, 0.29) is 18.1 Å². The number of benzene rings is 3. The van der Waals surface area contributed by atoms with Crippen molar-refractivity contribution in [3.8, 4) is 5.75 Å². The zero-order valence-electron chi connectivity index (χ0n) is 20.0. The summed E-state index contributed by atoms with van der Waals surface area (Å²) in [5, 5.41) is 12.0. The summed E-state index contributed by atoms with van der Waals surface area (Å²) in [5.74, 6) is -0.491. The standard InChI is InChI=1S/C26H25ClF3N3O4S/c27-18-8-7-17-6-5-16-3-1-2-4-22(16)33(23(17)13-18)24-15-36-14-21(25(24)34)32-38(31,35)20-11-9-19(10-12-20)37-26(28,29)30/h1-4,7-13,21,24-25,34H,5-6,14-15H2,(H2,31,32,35). The van der Waals surface area contributed by atoms with E-state index in [1.807, 2.05) is 47.4 Å². The van der Waals surface area contributed by atoms with Crippen LogP contribution in [0.1, 0.15) is 11.1 Å². The topological polar surface area (TPSA) is 94.9 Å². The van der Waals surface area contributed by atoms with E-state index in [0.717, 1.165) is 59.6 Å². The Morgan fingerprint density at radius 2 is 1.71 bits per heavy atom. The van der Waals surface area contributed by atoms with E-state index >= 15 is 0 Å². The number of fused-ring (bicyclic) bond motifs is 2. The molecule has 1 saturated heterocycles. The predicted molar refractivity (Wildman–Crippen MR) is 137 cm³/mol. The summed E-state index contributed by atoms with van der Waals surface area (Å²) in [6.07, 6.45) is -4.41. The minimum Gasteiger partial charge on any atom is -0.406 e. The van der Waals surface area contributed by atoms with Gasteiger partial charge in [-0.2, -0.15) is 0 Å². The maximum Gasteiger partial charge on any atom is 0.573 e. The van der Waals surface area contributed by atoms with Crippen LogP contribution in [0.2, 0.25) is 5.02 Å². The molecule has 3 N–H and O–H groups in total. The molecule has 2 heterocycles. The highest BCUT2D eigenvalue weighted by Crippen LogP contribution is 2.40. The first-order chi connectivity index (χ1) is 18.0. The lowest BCUT2D eigenvalue weighted by atomic mass is 9.98. The summed E-state index contributed by atoms with van der Waals surface area (Å²) in [6.45, 7) is 0.156. The molecular formula is C26H25ClF3N3O4S. The van der Waals surface area contributed by atoms with Gasteiger partial charge >= 0.3 is 6.36 Å². The maximum absolute atomic E-state index is 13.3. The average Bonchev–Trinajstić information content (AvgIpc) is 3.01. The van der Waals surface area contributed by atoms with Crippen LogP contribution in [0.25, 0.3) is 0 Å². The molecule has 3 aromatic carbocycles. The monoisotopic (exact) mass is 567 g/mol. The Morgan fingerprint density at radius 1 is 1.03 bits per heavy atom. The first-order valence-corrected chi connectivity index (χ1v) is 13.8. The second-order valence-electron chi connectivity index (χ2n) is 9.17. The Balaban J connectivity index is 1.43. The molecule has 12 heteroatoms. The molecular weight excluding hydrogens is 543 g/mol. The number of rotatable bonds is 5. The molecule has 2 aliphatic heterocycles. The van der Waals surface area contributed by atoms with Crippen molar-refractivity contribution in [1.82, 2.24) is 4.72 Å². The van der Waals surface area contributed by atoms with Crippen LogP contribution >= 0.6 is 11.6 Å². The van der Waals surface area contributed by atoms with Crippen molar-refractivity contribution in [2.45, 2.75) is 42.3 Å². The van der Waals surface area contributed by atoms with Gasteiger partial charge in [0.2, 0.25) is 0 Å². The Kier molecular flexibility index (Phi) is 7.31. The number of anilines is 2. The third kappa shape index (κ3) is 5.62. The molecule has 38 heavy (non-hydrogen) atoms. The smallest absolute Gasteiger partial charge is 0.406 e. The molecule has 5 rings (SSSR count). The van der Waals surface area contributed by atoms with Crippen LogP contribution in [-0.2, 0) is 27.5 Å². The molecule has 2 aliphatic rings. The summed E-state index contributed by atoms with van der Waals surface area (Å²) in [4.78, 5) is 1.94. The first kappa shape index (κ1) is 26.8. The molecule has 4 unspecified atom stereocenters. The van der Waals surface area contributed by atoms with Crippen LogP contribution in [0.15, 0.2) is 71.6 Å². The largest absolute Gasteiger partial charge is 0.573 e. The second kappa shape index (κ2) is 10.4. The summed E-state index contributed by atoms with van der Waals surface area (Å²) in [5.41, 5.74) is 3.88. The van der Waals surface area contributed by atoms with Gasteiger partial charge in [0, 0.05) is 16.4 Å². The number of hydrogen-bond acceptors (Lipinski definition) is 6. The highest BCUT2D eigenvalue weighted by atomic mass is 35.5. The number of hydrogen-bond donors (Lipinski definition) is 3. The van der Waals surface area contributed by atoms with Gasteiger partial charge in [0.15, 0.2) is 0 Å². The molecule has 0 aliphatic carbocycles. The number of para-hydroxylation sites is 1. The van der Waals surface area contributed by atoms with Gasteiger partial charge in [-0.15, -0.1) is 13.2 Å². The number of alkyl halides is 3. The molecule has 0 amide bonds. The minimum absolute atomic E-state index is 0.0132. The zero-order chi connectivity index (χ0) is 27.1. The van der Waals surface area contributed by atoms with Crippen LogP contribution < -0.4 is 14.4 Å². The van der Waals surface area contributed by atoms with Gasteiger partial charge in [-0.25, -0.2) is 13.7 Å². The third-order valence-corrected chi connectivity index (χ3v) is 8.46. The lowest BCUT2D eigenvalue weighted by Gasteiger charge is -2.43. The van der Waals surface area contributed by atoms with Gasteiger partial charge in [-0.05, 0) is 66.4 Å². The molecule has 0 spiro atoms. The van der Waals surface area contributed by atoms with E-state index in [9.17, 15) is 22.5 Å². The van der Waals surface area contributed by atoms with Gasteiger partial charge in [-0.3, -0.25) is 0 Å². The van der Waals surface area contributed by atoms with Crippen LogP contribution in [0, 0.1) is 4.78 Å². The second-order valence-corrected chi connectivity index (χ2v) is 11.4. The van der Waals surface area contributed by atoms with E-state index in [4.69, 9.17) is 21.1 Å². The third-order valence-electron chi connectivity index (χ3n) is 6.65. The molecule has 202 valence electrons. The highest BCUT2D eigenvalue weighted by molar-refractivity contribution is 7.90. The van der Waals surface area contributed by atoms with Crippen molar-refractivity contribution in [3.05, 3.63) is 82.9 Å². The van der Waals surface area contributed by atoms with Gasteiger partial charge in [0.05, 0.1) is 36.3 Å². The number of halogens is 4. The van der Waals surface area contributed by atoms with E-state index in [2.05, 4.69) is 9.46 Å². The number of aryl methyl sites for hydroxylation is 2. The van der Waals surface area contributed by atoms with Gasteiger partial charge in [-0.1, -0.05) is 35.9 Å². The molecule has 3 aromatic rings. The SMILES string of the molecule is N=S(=O)(NC1COCC(N2c3ccccc3CCc3ccc(Cl)cc32)C1O)c1ccc(OC(F)(F)F)cc1. The quantitative estimate of drug-likeness (QED) is 0.393. The van der Waals surface area contributed by atoms with Crippen LogP contribution in [0.5, 0.6) is 5.75 Å². The summed E-state index contributed by atoms with van der Waals surface area (Å²) in [6, 6.07) is 16.2. The molecule has 7 nitrogen and oxygen atoms in total. The normalized spacial score (nSPS) is 23.1. The molecule has 0 aromatic heterocycles. The number of aliphatic hydroxyl groups is 1. The van der Waals surface area contributed by atoms with E-state index in [1.165, 1.54) is 0 Å². The Morgan fingerprint density at radius 3 is 2.42 bits per heavy atom. The summed E-state index contributed by atoms with van der Waals surface area (Å²) >= 11 is 6.36. The zero-order valence-corrected chi connectivity index (χ0v) is 21.5. The fraction of sp³-hybridized carbons (Fsp3) is 0.308. The minimum atomic E-state index is -4.87. The predicted octanol–water partition coefficient (Wildman–Crippen LogP) is 5.21. The fourth-order valence-electron chi connectivity index (χ4n) is 4.91. The highest BCUT2D eigenvalue weighted by Gasteiger charge is 2.40. The lowest BCUT2D eigenvalue weighted by Crippen LogP contribution is -2.60. The Bertz CT molecular complexity index is 1420. The summed E-state index contributed by atoms with van der Waals surface area (Å²) < 4.78 is 71.4. The van der Waals surface area contributed by atoms with Crippen molar-refractivity contribution in [2.75, 3.05) is 18.1 Å². The molecule has 4 atom stereocenters. The number of aliphatic hydroxyl groups excluding tert-OH is 1. The molecule has 1 fully saturated rings. The van der Waals surface area contributed by atoms with Crippen LogP contribution in [0.3, 0.4) is 0 Å². The molecule has 0 radical (unpaired) electrons. The van der Waals surface area contributed by atoms with E-state index in [1.54, 1.807) is 0 Å². The molecule has 0 saturated carbocycles. The van der Waals surface area contributed by atoms with Crippen molar-refractivity contribution < 1.29 is 32.0 Å². The number of nitrogens with one attached hydrogen (secondary N) is 2. The Labute approximate surface area is 223 Å². The Hall–Kier alpha value is -2.83. The van der Waals surface area contributed by atoms with Crippen molar-refractivity contribution in [2.24, 2.45) is 0 Å². The van der Waals surface area contributed by atoms with E-state index in [0.29, 0.717) is 5.02 Å². The van der Waals surface area contributed by atoms with Crippen molar-refractivity contribution in [1.29, 1.82) is 4.78 Å². The van der Waals surface area contributed by atoms with Gasteiger partial charge < -0.3 is 19.5 Å². The van der Waals surface area contributed by atoms with Crippen LogP contribution in [-0.4, -0.2) is 47.1 Å². The van der Waals surface area contributed by atoms with Crippen molar-refractivity contribution >= 4 is 32.9 Å². The summed E-state index contributed by atoms with van der Waals surface area (Å²) in [7, 11) is -3.71. The van der Waals surface area contributed by atoms with Gasteiger partial charge in [0.1, 0.15) is 15.7 Å². The van der Waals surface area contributed by atoms with E-state index < -0.39 is 40.2 Å². The average molecular weight is 568 g/mol. The van der Waals surface area contributed by atoms with Crippen molar-refractivity contribution in [3.63, 3.8) is 0 Å². The number of nitrogens with zero attached hydrogens (tertiary/aromatic N) is 1. The number of ether oxygens (including phenoxy) is 2. The van der Waals surface area contributed by atoms with Crippen LogP contribution in [0.4, 0.5) is 24.5 Å². The maximum atomic E-state index is 13.3. The first-order valence-electron chi connectivity index (χ1n) is 11.8.